The van der Waals surface area contributed by atoms with Gasteiger partial charge in [0.25, 0.3) is 5.91 Å². The van der Waals surface area contributed by atoms with Gasteiger partial charge in [-0.2, -0.15) is 5.10 Å². The number of hydrogen-bond acceptors (Lipinski definition) is 4. The minimum atomic E-state index is -0.948. The number of carbonyl (C=O) groups is 2. The van der Waals surface area contributed by atoms with Gasteiger partial charge in [-0.05, 0) is 19.4 Å². The third kappa shape index (κ3) is 2.47. The van der Waals surface area contributed by atoms with Gasteiger partial charge in [0.1, 0.15) is 11.7 Å². The first-order valence-electron chi connectivity index (χ1n) is 6.13. The summed E-state index contributed by atoms with van der Waals surface area (Å²) in [6.07, 6.45) is 0.733. The molecule has 0 spiro atoms. The molecule has 104 valence electrons. The topological polar surface area (TPSA) is 75.4 Å². The average Bonchev–Trinajstić information content (AvgIpc) is 2.91. The van der Waals surface area contributed by atoms with Crippen LogP contribution in [0.1, 0.15) is 29.5 Å². The predicted octanol–water partition coefficient (Wildman–Crippen LogP) is 1.11. The van der Waals surface area contributed by atoms with Crippen molar-refractivity contribution in [1.82, 2.24) is 14.7 Å². The Morgan fingerprint density at radius 2 is 2.26 bits per heavy atom. The molecule has 2 heterocycles. The van der Waals surface area contributed by atoms with E-state index in [4.69, 9.17) is 0 Å². The monoisotopic (exact) mass is 283 g/mol. The van der Waals surface area contributed by atoms with Gasteiger partial charge in [0, 0.05) is 12.8 Å². The minimum absolute atomic E-state index is 0.0798. The predicted molar refractivity (Wildman–Crippen MR) is 72.1 cm³/mol. The SMILES string of the molecule is CCC1SCC(C(=O)O)N1C(=O)c1cc(C)nn1C. The molecule has 1 fully saturated rings. The number of carboxylic acids is 1. The number of carboxylic acid groups (broad SMARTS) is 1. The lowest BCUT2D eigenvalue weighted by Gasteiger charge is -2.26. The Bertz CT molecular complexity index is 514. The summed E-state index contributed by atoms with van der Waals surface area (Å²) in [7, 11) is 1.69. The van der Waals surface area contributed by atoms with Gasteiger partial charge in [-0.3, -0.25) is 9.48 Å². The number of aryl methyl sites for hydroxylation is 2. The Morgan fingerprint density at radius 3 is 2.74 bits per heavy atom. The third-order valence-electron chi connectivity index (χ3n) is 3.18. The second kappa shape index (κ2) is 5.24. The van der Waals surface area contributed by atoms with Crippen LogP contribution in [-0.4, -0.2) is 48.8 Å². The largest absolute Gasteiger partial charge is 0.480 e. The zero-order valence-corrected chi connectivity index (χ0v) is 12.0. The maximum atomic E-state index is 12.6. The highest BCUT2D eigenvalue weighted by molar-refractivity contribution is 8.00. The van der Waals surface area contributed by atoms with Crippen molar-refractivity contribution < 1.29 is 14.7 Å². The summed E-state index contributed by atoms with van der Waals surface area (Å²) in [4.78, 5) is 25.3. The van der Waals surface area contributed by atoms with Gasteiger partial charge >= 0.3 is 5.97 Å². The number of aromatic nitrogens is 2. The fraction of sp³-hybridized carbons (Fsp3) is 0.583. The van der Waals surface area contributed by atoms with Crippen molar-refractivity contribution in [2.24, 2.45) is 7.05 Å². The van der Waals surface area contributed by atoms with Gasteiger partial charge in [-0.1, -0.05) is 6.92 Å². The van der Waals surface area contributed by atoms with Crippen LogP contribution in [0.2, 0.25) is 0 Å². The molecule has 0 bridgehead atoms. The first kappa shape index (κ1) is 13.9. The first-order valence-corrected chi connectivity index (χ1v) is 7.18. The third-order valence-corrected chi connectivity index (χ3v) is 4.64. The van der Waals surface area contributed by atoms with E-state index in [1.807, 2.05) is 13.8 Å². The van der Waals surface area contributed by atoms with Crippen LogP contribution in [-0.2, 0) is 11.8 Å². The first-order chi connectivity index (χ1) is 8.95. The zero-order valence-electron chi connectivity index (χ0n) is 11.2. The van der Waals surface area contributed by atoms with Crippen molar-refractivity contribution in [3.8, 4) is 0 Å². The standard InChI is InChI=1S/C12H17N3O3S/c1-4-10-15(9(6-19-10)12(17)18)11(16)8-5-7(2)13-14(8)3/h5,9-10H,4,6H2,1-3H3,(H,17,18). The van der Waals surface area contributed by atoms with Crippen molar-refractivity contribution in [1.29, 1.82) is 0 Å². The highest BCUT2D eigenvalue weighted by Crippen LogP contribution is 2.32. The Hall–Kier alpha value is -1.50. The van der Waals surface area contributed by atoms with E-state index in [0.29, 0.717) is 11.4 Å². The second-order valence-corrected chi connectivity index (χ2v) is 5.77. The Kier molecular flexibility index (Phi) is 3.84. The number of thioether (sulfide) groups is 1. The molecular formula is C12H17N3O3S. The molecule has 6 nitrogen and oxygen atoms in total. The van der Waals surface area contributed by atoms with Crippen molar-refractivity contribution >= 4 is 23.6 Å². The van der Waals surface area contributed by atoms with Crippen molar-refractivity contribution in [3.05, 3.63) is 17.5 Å². The van der Waals surface area contributed by atoms with E-state index in [2.05, 4.69) is 5.10 Å². The Balaban J connectivity index is 2.33. The molecule has 2 atom stereocenters. The smallest absolute Gasteiger partial charge is 0.327 e. The zero-order chi connectivity index (χ0) is 14.2. The lowest BCUT2D eigenvalue weighted by Crippen LogP contribution is -2.46. The maximum Gasteiger partial charge on any atom is 0.327 e. The second-order valence-electron chi connectivity index (χ2n) is 4.56. The van der Waals surface area contributed by atoms with Crippen LogP contribution < -0.4 is 0 Å². The van der Waals surface area contributed by atoms with Crippen molar-refractivity contribution in [2.75, 3.05) is 5.75 Å². The van der Waals surface area contributed by atoms with Gasteiger partial charge in [-0.15, -0.1) is 11.8 Å². The number of amides is 1. The number of nitrogens with zero attached hydrogens (tertiary/aromatic N) is 3. The Labute approximate surface area is 115 Å². The molecule has 2 rings (SSSR count). The minimum Gasteiger partial charge on any atom is -0.480 e. The van der Waals surface area contributed by atoms with Crippen LogP contribution in [0.15, 0.2) is 6.07 Å². The molecular weight excluding hydrogens is 266 g/mol. The van der Waals surface area contributed by atoms with Crippen LogP contribution in [0, 0.1) is 6.92 Å². The molecule has 19 heavy (non-hydrogen) atoms. The Morgan fingerprint density at radius 1 is 1.58 bits per heavy atom. The number of carbonyl (C=O) groups excluding carboxylic acids is 1. The van der Waals surface area contributed by atoms with Crippen molar-refractivity contribution in [3.63, 3.8) is 0 Å². The van der Waals surface area contributed by atoms with Crippen LogP contribution in [0.3, 0.4) is 0 Å². The summed E-state index contributed by atoms with van der Waals surface area (Å²) in [5, 5.41) is 13.3. The normalized spacial score (nSPS) is 22.8. The van der Waals surface area contributed by atoms with Crippen molar-refractivity contribution in [2.45, 2.75) is 31.7 Å². The number of aliphatic carboxylic acids is 1. The summed E-state index contributed by atoms with van der Waals surface area (Å²) in [6.45, 7) is 3.76. The lowest BCUT2D eigenvalue weighted by molar-refractivity contribution is -0.141. The molecule has 1 saturated heterocycles. The van der Waals surface area contributed by atoms with E-state index in [-0.39, 0.29) is 11.3 Å². The van der Waals surface area contributed by atoms with E-state index in [1.54, 1.807) is 13.1 Å². The molecule has 1 aromatic rings. The van der Waals surface area contributed by atoms with Gasteiger partial charge < -0.3 is 10.0 Å². The molecule has 7 heteroatoms. The van der Waals surface area contributed by atoms with Crippen LogP contribution >= 0.6 is 11.8 Å². The van der Waals surface area contributed by atoms with Crippen LogP contribution in [0.5, 0.6) is 0 Å². The lowest BCUT2D eigenvalue weighted by atomic mass is 10.2. The summed E-state index contributed by atoms with van der Waals surface area (Å²) < 4.78 is 1.51. The molecule has 1 N–H and O–H groups in total. The van der Waals surface area contributed by atoms with Gasteiger partial charge in [0.2, 0.25) is 0 Å². The molecule has 1 amide bonds. The highest BCUT2D eigenvalue weighted by atomic mass is 32.2. The highest BCUT2D eigenvalue weighted by Gasteiger charge is 2.41. The summed E-state index contributed by atoms with van der Waals surface area (Å²) in [5.74, 6) is -0.765. The van der Waals surface area contributed by atoms with Gasteiger partial charge in [0.05, 0.1) is 11.1 Å². The summed E-state index contributed by atoms with van der Waals surface area (Å²) >= 11 is 1.52. The van der Waals surface area contributed by atoms with Gasteiger partial charge in [0.15, 0.2) is 0 Å². The molecule has 1 aromatic heterocycles. The molecule has 1 aliphatic rings. The van der Waals surface area contributed by atoms with E-state index in [0.717, 1.165) is 12.1 Å². The average molecular weight is 283 g/mol. The molecule has 1 aliphatic heterocycles. The van der Waals surface area contributed by atoms with Gasteiger partial charge in [-0.25, -0.2) is 4.79 Å². The van der Waals surface area contributed by atoms with E-state index < -0.39 is 12.0 Å². The van der Waals surface area contributed by atoms with Crippen LogP contribution in [0.4, 0.5) is 0 Å². The number of rotatable bonds is 3. The molecule has 0 aromatic carbocycles. The quantitative estimate of drug-likeness (QED) is 0.899. The molecule has 2 unspecified atom stereocenters. The van der Waals surface area contributed by atoms with E-state index in [1.165, 1.54) is 21.3 Å². The van der Waals surface area contributed by atoms with E-state index in [9.17, 15) is 14.7 Å². The fourth-order valence-electron chi connectivity index (χ4n) is 2.28. The molecule has 0 aliphatic carbocycles. The maximum absolute atomic E-state index is 12.6. The summed E-state index contributed by atoms with van der Waals surface area (Å²) in [6, 6.07) is 0.939. The molecule has 0 radical (unpaired) electrons. The van der Waals surface area contributed by atoms with E-state index >= 15 is 0 Å². The molecule has 0 saturated carbocycles. The van der Waals surface area contributed by atoms with Crippen LogP contribution in [0.25, 0.3) is 0 Å². The number of hydrogen-bond donors (Lipinski definition) is 1. The summed E-state index contributed by atoms with van der Waals surface area (Å²) in [5.41, 5.74) is 1.18. The fourth-order valence-corrected chi connectivity index (χ4v) is 3.63.